The summed E-state index contributed by atoms with van der Waals surface area (Å²) in [6.07, 6.45) is 1.18. The van der Waals surface area contributed by atoms with Crippen LogP contribution < -0.4 is 5.32 Å². The predicted molar refractivity (Wildman–Crippen MR) is 65.9 cm³/mol. The number of carboxylic acid groups (broad SMARTS) is 1. The third kappa shape index (κ3) is 7.62. The zero-order valence-electron chi connectivity index (χ0n) is 10.0. The van der Waals surface area contributed by atoms with Gasteiger partial charge in [0.2, 0.25) is 12.3 Å². The van der Waals surface area contributed by atoms with Gasteiger partial charge >= 0.3 is 5.97 Å². The van der Waals surface area contributed by atoms with Crippen molar-refractivity contribution in [3.63, 3.8) is 0 Å². The Labute approximate surface area is 105 Å². The number of carbonyl (C=O) groups excluding carboxylic acids is 2. The van der Waals surface area contributed by atoms with E-state index in [-0.39, 0.29) is 5.91 Å². The maximum atomic E-state index is 11.2. The van der Waals surface area contributed by atoms with Gasteiger partial charge in [0.15, 0.2) is 0 Å². The van der Waals surface area contributed by atoms with Gasteiger partial charge in [-0.15, -0.1) is 0 Å². The van der Waals surface area contributed by atoms with Gasteiger partial charge in [-0.25, -0.2) is 4.79 Å². The molecule has 17 heavy (non-hydrogen) atoms. The van der Waals surface area contributed by atoms with Crippen molar-refractivity contribution in [3.8, 4) is 0 Å². The number of thioether (sulfide) groups is 1. The first kappa shape index (κ1) is 15.8. The third-order valence-corrected chi connectivity index (χ3v) is 3.09. The van der Waals surface area contributed by atoms with Gasteiger partial charge in [0.1, 0.15) is 6.04 Å². The van der Waals surface area contributed by atoms with Crippen LogP contribution in [-0.2, 0) is 14.4 Å². The monoisotopic (exact) mass is 262 g/mol. The van der Waals surface area contributed by atoms with Gasteiger partial charge in [0.05, 0.1) is 0 Å². The molecule has 1 atom stereocenters. The molecule has 0 aromatic heterocycles. The zero-order chi connectivity index (χ0) is 13.3. The zero-order valence-corrected chi connectivity index (χ0v) is 10.8. The summed E-state index contributed by atoms with van der Waals surface area (Å²) in [7, 11) is 3.39. The van der Waals surface area contributed by atoms with Crippen LogP contribution in [0.3, 0.4) is 0 Å². The lowest BCUT2D eigenvalue weighted by Crippen LogP contribution is -2.36. The second kappa shape index (κ2) is 8.86. The molecule has 0 saturated carbocycles. The molecule has 7 heteroatoms. The highest BCUT2D eigenvalue weighted by Gasteiger charge is 2.15. The molecule has 0 aromatic carbocycles. The van der Waals surface area contributed by atoms with E-state index in [9.17, 15) is 14.4 Å². The second-order valence-electron chi connectivity index (χ2n) is 3.61. The molecule has 6 nitrogen and oxygen atoms in total. The molecule has 2 N–H and O–H groups in total. The van der Waals surface area contributed by atoms with E-state index in [1.165, 1.54) is 16.7 Å². The summed E-state index contributed by atoms with van der Waals surface area (Å²) in [4.78, 5) is 33.5. The Morgan fingerprint density at radius 1 is 1.41 bits per heavy atom. The van der Waals surface area contributed by atoms with Gasteiger partial charge in [-0.3, -0.25) is 9.59 Å². The minimum atomic E-state index is -1.04. The van der Waals surface area contributed by atoms with Crippen molar-refractivity contribution in [2.45, 2.75) is 18.9 Å². The highest BCUT2D eigenvalue weighted by atomic mass is 32.2. The first-order chi connectivity index (χ1) is 7.99. The lowest BCUT2D eigenvalue weighted by atomic mass is 10.2. The number of aliphatic carboxylic acids is 1. The van der Waals surface area contributed by atoms with Gasteiger partial charge in [-0.2, -0.15) is 11.8 Å². The Morgan fingerprint density at radius 3 is 2.53 bits per heavy atom. The first-order valence-electron chi connectivity index (χ1n) is 5.19. The van der Waals surface area contributed by atoms with Crippen LogP contribution in [0.4, 0.5) is 0 Å². The lowest BCUT2D eigenvalue weighted by Gasteiger charge is -2.11. The van der Waals surface area contributed by atoms with E-state index in [2.05, 4.69) is 5.32 Å². The van der Waals surface area contributed by atoms with Crippen LogP contribution in [-0.4, -0.2) is 59.9 Å². The van der Waals surface area contributed by atoms with Gasteiger partial charge in [0, 0.05) is 26.3 Å². The number of nitrogens with one attached hydrogen (secondary N) is 1. The molecule has 0 fully saturated rings. The fourth-order valence-electron chi connectivity index (χ4n) is 1.05. The minimum absolute atomic E-state index is 0.0540. The van der Waals surface area contributed by atoms with Crippen molar-refractivity contribution in [1.29, 1.82) is 0 Å². The molecule has 2 amide bonds. The topological polar surface area (TPSA) is 86.7 Å². The summed E-state index contributed by atoms with van der Waals surface area (Å²) in [6.45, 7) is 0. The number of carbonyl (C=O) groups is 3. The van der Waals surface area contributed by atoms with E-state index in [0.29, 0.717) is 30.8 Å². The minimum Gasteiger partial charge on any atom is -0.480 e. The summed E-state index contributed by atoms with van der Waals surface area (Å²) in [5.74, 6) is 0.267. The number of amides is 2. The Morgan fingerprint density at radius 2 is 2.06 bits per heavy atom. The maximum absolute atomic E-state index is 11.2. The largest absolute Gasteiger partial charge is 0.480 e. The molecule has 0 saturated heterocycles. The number of carboxylic acids is 1. The Bertz CT molecular complexity index is 271. The molecule has 0 rings (SSSR count). The van der Waals surface area contributed by atoms with E-state index in [4.69, 9.17) is 5.11 Å². The molecule has 0 heterocycles. The Balaban J connectivity index is 3.65. The Hall–Kier alpha value is -1.24. The fraction of sp³-hybridized carbons (Fsp3) is 0.700. The second-order valence-corrected chi connectivity index (χ2v) is 4.84. The summed E-state index contributed by atoms with van der Waals surface area (Å²) >= 11 is 1.50. The van der Waals surface area contributed by atoms with Crippen molar-refractivity contribution in [1.82, 2.24) is 10.2 Å². The highest BCUT2D eigenvalue weighted by molar-refractivity contribution is 7.99. The lowest BCUT2D eigenvalue weighted by molar-refractivity contribution is -0.140. The predicted octanol–water partition coefficient (Wildman–Crippen LogP) is -0.213. The number of hydrogen-bond donors (Lipinski definition) is 2. The van der Waals surface area contributed by atoms with Crippen LogP contribution >= 0.6 is 11.8 Å². The van der Waals surface area contributed by atoms with Gasteiger partial charge in [0.25, 0.3) is 0 Å². The summed E-state index contributed by atoms with van der Waals surface area (Å²) in [6, 6.07) is -0.843. The van der Waals surface area contributed by atoms with Crippen molar-refractivity contribution in [2.24, 2.45) is 0 Å². The molecular weight excluding hydrogens is 244 g/mol. The standard InChI is InChI=1S/C10H18N2O4S/c1-12(2)9(14)4-6-17-5-3-8(10(15)16)11-7-13/h7-8H,3-6H2,1-2H3,(H,11,13)(H,15,16). The molecule has 0 aromatic rings. The molecule has 0 radical (unpaired) electrons. The van der Waals surface area contributed by atoms with E-state index in [1.54, 1.807) is 14.1 Å². The van der Waals surface area contributed by atoms with Gasteiger partial charge < -0.3 is 15.3 Å². The van der Waals surface area contributed by atoms with Crippen molar-refractivity contribution in [2.75, 3.05) is 25.6 Å². The summed E-state index contributed by atoms with van der Waals surface area (Å²) in [5.41, 5.74) is 0. The highest BCUT2D eigenvalue weighted by Crippen LogP contribution is 2.07. The van der Waals surface area contributed by atoms with Crippen LogP contribution in [0.2, 0.25) is 0 Å². The first-order valence-corrected chi connectivity index (χ1v) is 6.35. The van der Waals surface area contributed by atoms with Gasteiger partial charge in [-0.1, -0.05) is 0 Å². The van der Waals surface area contributed by atoms with Crippen LogP contribution in [0.25, 0.3) is 0 Å². The van der Waals surface area contributed by atoms with E-state index < -0.39 is 12.0 Å². The van der Waals surface area contributed by atoms with Gasteiger partial charge in [-0.05, 0) is 12.2 Å². The van der Waals surface area contributed by atoms with Crippen molar-refractivity contribution in [3.05, 3.63) is 0 Å². The molecule has 0 aliphatic carbocycles. The molecule has 0 aliphatic heterocycles. The summed E-state index contributed by atoms with van der Waals surface area (Å²) < 4.78 is 0. The fourth-order valence-corrected chi connectivity index (χ4v) is 1.97. The normalized spacial score (nSPS) is 11.6. The number of hydrogen-bond acceptors (Lipinski definition) is 4. The van der Waals surface area contributed by atoms with E-state index >= 15 is 0 Å². The molecule has 0 spiro atoms. The Kier molecular flexibility index (Phi) is 8.21. The maximum Gasteiger partial charge on any atom is 0.326 e. The van der Waals surface area contributed by atoms with Crippen LogP contribution in [0.15, 0.2) is 0 Å². The van der Waals surface area contributed by atoms with Crippen LogP contribution in [0.1, 0.15) is 12.8 Å². The van der Waals surface area contributed by atoms with E-state index in [1.807, 2.05) is 0 Å². The molecule has 0 aliphatic rings. The molecular formula is C10H18N2O4S. The molecule has 98 valence electrons. The smallest absolute Gasteiger partial charge is 0.326 e. The summed E-state index contributed by atoms with van der Waals surface area (Å²) in [5, 5.41) is 11.0. The van der Waals surface area contributed by atoms with Crippen LogP contribution in [0.5, 0.6) is 0 Å². The number of nitrogens with zero attached hydrogens (tertiary/aromatic N) is 1. The molecule has 0 bridgehead atoms. The third-order valence-electron chi connectivity index (χ3n) is 2.08. The SMILES string of the molecule is CN(C)C(=O)CCSCCC(NC=O)C(=O)O. The van der Waals surface area contributed by atoms with Crippen molar-refractivity contribution >= 4 is 30.0 Å². The average Bonchev–Trinajstić information content (AvgIpc) is 2.26. The van der Waals surface area contributed by atoms with Crippen molar-refractivity contribution < 1.29 is 19.5 Å². The average molecular weight is 262 g/mol. The van der Waals surface area contributed by atoms with E-state index in [0.717, 1.165) is 0 Å². The quantitative estimate of drug-likeness (QED) is 0.443. The van der Waals surface area contributed by atoms with Crippen LogP contribution in [0, 0.1) is 0 Å². The molecule has 1 unspecified atom stereocenters. The number of rotatable bonds is 9.